The first-order chi connectivity index (χ1) is 9.39. The van der Waals surface area contributed by atoms with Crippen LogP contribution in [-0.4, -0.2) is 76.9 Å². The van der Waals surface area contributed by atoms with E-state index in [1.807, 2.05) is 6.07 Å². The van der Waals surface area contributed by atoms with E-state index in [2.05, 4.69) is 0 Å². The topological polar surface area (TPSA) is 80.7 Å². The van der Waals surface area contributed by atoms with E-state index in [9.17, 15) is 17.8 Å². The summed E-state index contributed by atoms with van der Waals surface area (Å²) in [5.41, 5.74) is 0.856. The Bertz CT molecular complexity index is 755. The Morgan fingerprint density at radius 1 is 1.14 bits per heavy atom. The second-order valence-corrected chi connectivity index (χ2v) is 5.72. The Balaban J connectivity index is 0.00000220. The number of rotatable bonds is 4. The van der Waals surface area contributed by atoms with Crippen molar-refractivity contribution in [2.24, 2.45) is 0 Å². The molecule has 1 N–H and O–H groups in total. The third kappa shape index (κ3) is 4.85. The minimum absolute atomic E-state index is 0. The van der Waals surface area contributed by atoms with Crippen LogP contribution in [-0.2, 0) is 26.1 Å². The summed E-state index contributed by atoms with van der Waals surface area (Å²) >= 11 is 0. The minimum atomic E-state index is -4.27. The summed E-state index contributed by atoms with van der Waals surface area (Å²) in [6.45, 7) is 1.56. The Hall–Kier alpha value is -0.284. The number of benzene rings is 2. The maximum absolute atomic E-state index is 11.3. The molecule has 0 aromatic heterocycles. The summed E-state index contributed by atoms with van der Waals surface area (Å²) in [6.07, 6.45) is 0.478. The fraction of sp³-hybridized carbons (Fsp3) is 0.214. The Morgan fingerprint density at radius 3 is 2.38 bits per heavy atom. The molecule has 0 radical (unpaired) electrons. The van der Waals surface area contributed by atoms with E-state index in [0.717, 1.165) is 10.9 Å². The van der Waals surface area contributed by atoms with E-state index in [1.165, 1.54) is 13.0 Å². The van der Waals surface area contributed by atoms with E-state index >= 15 is 0 Å². The SMILES string of the molecule is CC(=O)OCCc1cccc2c(S(=O)(=O)O)cccc12.[KH]. The monoisotopic (exact) mass is 334 g/mol. The molecule has 0 aliphatic carbocycles. The zero-order valence-electron chi connectivity index (χ0n) is 10.9. The number of esters is 1. The summed E-state index contributed by atoms with van der Waals surface area (Å²) in [5.74, 6) is -0.358. The van der Waals surface area contributed by atoms with Crippen molar-refractivity contribution in [3.63, 3.8) is 0 Å². The number of carbonyl (C=O) groups excluding carboxylic acids is 1. The van der Waals surface area contributed by atoms with Gasteiger partial charge in [-0.25, -0.2) is 0 Å². The summed E-state index contributed by atoms with van der Waals surface area (Å²) in [5, 5.41) is 1.17. The first-order valence-electron chi connectivity index (χ1n) is 6.01. The molecule has 0 spiro atoms. The van der Waals surface area contributed by atoms with E-state index < -0.39 is 10.1 Å². The molecule has 0 fully saturated rings. The Labute approximate surface area is 165 Å². The van der Waals surface area contributed by atoms with E-state index in [0.29, 0.717) is 11.8 Å². The van der Waals surface area contributed by atoms with Crippen molar-refractivity contribution in [1.82, 2.24) is 0 Å². The molecule has 7 heteroatoms. The molecule has 0 bridgehead atoms. The normalized spacial score (nSPS) is 11.0. The molecule has 0 aliphatic heterocycles. The number of fused-ring (bicyclic) bond motifs is 1. The molecule has 0 heterocycles. The van der Waals surface area contributed by atoms with Crippen LogP contribution in [0, 0.1) is 0 Å². The van der Waals surface area contributed by atoms with Gasteiger partial charge >= 0.3 is 57.4 Å². The zero-order chi connectivity index (χ0) is 14.8. The summed E-state index contributed by atoms with van der Waals surface area (Å²) in [7, 11) is -4.27. The van der Waals surface area contributed by atoms with E-state index in [1.54, 1.807) is 24.3 Å². The molecule has 21 heavy (non-hydrogen) atoms. The molecule has 0 saturated heterocycles. The quantitative estimate of drug-likeness (QED) is 0.521. The van der Waals surface area contributed by atoms with Crippen LogP contribution in [0.3, 0.4) is 0 Å². The molecular weight excluding hydrogens is 319 g/mol. The summed E-state index contributed by atoms with van der Waals surface area (Å²) in [4.78, 5) is 10.6. The summed E-state index contributed by atoms with van der Waals surface area (Å²) < 4.78 is 36.8. The molecule has 0 amide bonds. The second-order valence-electron chi connectivity index (χ2n) is 4.33. The van der Waals surface area contributed by atoms with Gasteiger partial charge in [0.15, 0.2) is 0 Å². The van der Waals surface area contributed by atoms with Crippen molar-refractivity contribution in [2.45, 2.75) is 18.2 Å². The van der Waals surface area contributed by atoms with Crippen molar-refractivity contribution < 1.29 is 22.5 Å². The van der Waals surface area contributed by atoms with Crippen molar-refractivity contribution in [1.29, 1.82) is 0 Å². The second kappa shape index (κ2) is 7.82. The fourth-order valence-electron chi connectivity index (χ4n) is 2.09. The number of carbonyl (C=O) groups is 1. The molecule has 0 aliphatic rings. The fourth-order valence-corrected chi connectivity index (χ4v) is 2.80. The first-order valence-corrected chi connectivity index (χ1v) is 7.45. The van der Waals surface area contributed by atoms with Gasteiger partial charge in [-0.05, 0) is 17.0 Å². The predicted octanol–water partition coefficient (Wildman–Crippen LogP) is 1.54. The van der Waals surface area contributed by atoms with Crippen LogP contribution in [0.4, 0.5) is 0 Å². The van der Waals surface area contributed by atoms with Crippen LogP contribution >= 0.6 is 0 Å². The maximum atomic E-state index is 11.3. The van der Waals surface area contributed by atoms with Gasteiger partial charge in [-0.15, -0.1) is 0 Å². The van der Waals surface area contributed by atoms with Gasteiger partial charge in [-0.1, -0.05) is 30.3 Å². The number of hydrogen-bond donors (Lipinski definition) is 1. The third-order valence-corrected chi connectivity index (χ3v) is 3.84. The van der Waals surface area contributed by atoms with Crippen LogP contribution < -0.4 is 0 Å². The number of ether oxygens (including phenoxy) is 1. The van der Waals surface area contributed by atoms with E-state index in [4.69, 9.17) is 4.74 Å². The van der Waals surface area contributed by atoms with Gasteiger partial charge in [-0.2, -0.15) is 8.42 Å². The molecule has 0 saturated carbocycles. The summed E-state index contributed by atoms with van der Waals surface area (Å²) in [6, 6.07) is 9.87. The van der Waals surface area contributed by atoms with E-state index in [-0.39, 0.29) is 68.9 Å². The zero-order valence-corrected chi connectivity index (χ0v) is 11.7. The first kappa shape index (κ1) is 18.8. The Kier molecular flexibility index (Phi) is 6.99. The van der Waals surface area contributed by atoms with Gasteiger partial charge < -0.3 is 4.74 Å². The average Bonchev–Trinajstić information content (AvgIpc) is 2.36. The van der Waals surface area contributed by atoms with Crippen molar-refractivity contribution in [3.05, 3.63) is 42.0 Å². The molecule has 2 aromatic carbocycles. The van der Waals surface area contributed by atoms with Gasteiger partial charge in [0.1, 0.15) is 4.90 Å². The van der Waals surface area contributed by atoms with Crippen LogP contribution in [0.5, 0.6) is 0 Å². The van der Waals surface area contributed by atoms with Crippen molar-refractivity contribution >= 4 is 78.2 Å². The van der Waals surface area contributed by atoms with Gasteiger partial charge in [0.25, 0.3) is 10.1 Å². The molecule has 2 rings (SSSR count). The number of hydrogen-bond acceptors (Lipinski definition) is 4. The Morgan fingerprint density at radius 2 is 1.76 bits per heavy atom. The average molecular weight is 334 g/mol. The van der Waals surface area contributed by atoms with Crippen LogP contribution in [0.15, 0.2) is 41.3 Å². The van der Waals surface area contributed by atoms with Gasteiger partial charge in [-0.3, -0.25) is 9.35 Å². The van der Waals surface area contributed by atoms with Crippen LogP contribution in [0.25, 0.3) is 10.8 Å². The molecule has 0 unspecified atom stereocenters. The molecule has 5 nitrogen and oxygen atoms in total. The van der Waals surface area contributed by atoms with Gasteiger partial charge in [0, 0.05) is 18.7 Å². The third-order valence-electron chi connectivity index (χ3n) is 2.93. The van der Waals surface area contributed by atoms with Gasteiger partial charge in [0.2, 0.25) is 0 Å². The van der Waals surface area contributed by atoms with Crippen molar-refractivity contribution in [2.75, 3.05) is 6.61 Å². The van der Waals surface area contributed by atoms with Crippen LogP contribution in [0.1, 0.15) is 12.5 Å². The standard InChI is InChI=1S/C14H14O5S.K.H/c1-10(15)19-9-8-11-4-2-6-13-12(11)5-3-7-14(13)20(16,17)18;;/h2-7H,8-9H2,1H3,(H,16,17,18);;. The molecule has 108 valence electrons. The molecule has 2 aromatic rings. The predicted molar refractivity (Wildman–Crippen MR) is 81.2 cm³/mol. The molecule has 0 atom stereocenters. The van der Waals surface area contributed by atoms with Crippen molar-refractivity contribution in [3.8, 4) is 0 Å². The van der Waals surface area contributed by atoms with Crippen LogP contribution in [0.2, 0.25) is 0 Å². The van der Waals surface area contributed by atoms with Gasteiger partial charge in [0.05, 0.1) is 6.61 Å². The molecular formula is C14H15KO5S.